The first-order chi connectivity index (χ1) is 10.7. The van der Waals surface area contributed by atoms with Crippen LogP contribution in [0, 0.1) is 13.8 Å². The minimum absolute atomic E-state index is 0.766. The first-order valence-corrected chi connectivity index (χ1v) is 7.36. The summed E-state index contributed by atoms with van der Waals surface area (Å²) >= 11 is 0. The average molecular weight is 296 g/mol. The minimum atomic E-state index is 0.766. The summed E-state index contributed by atoms with van der Waals surface area (Å²) < 4.78 is 10.4. The lowest BCUT2D eigenvalue weighted by atomic mass is 10.1. The summed E-state index contributed by atoms with van der Waals surface area (Å²) in [6.45, 7) is 5.49. The maximum absolute atomic E-state index is 5.25. The fourth-order valence-electron chi connectivity index (χ4n) is 2.60. The van der Waals surface area contributed by atoms with E-state index in [1.54, 1.807) is 7.11 Å². The number of aromatic nitrogens is 1. The summed E-state index contributed by atoms with van der Waals surface area (Å²) in [5, 5.41) is 9.83. The third-order valence-electron chi connectivity index (χ3n) is 3.92. The Kier molecular flexibility index (Phi) is 4.11. The second-order valence-electron chi connectivity index (χ2n) is 5.45. The van der Waals surface area contributed by atoms with Crippen molar-refractivity contribution in [3.63, 3.8) is 0 Å². The van der Waals surface area contributed by atoms with Crippen molar-refractivity contribution >= 4 is 10.8 Å². The monoisotopic (exact) mass is 296 g/mol. The van der Waals surface area contributed by atoms with Crippen molar-refractivity contribution in [2.24, 2.45) is 0 Å². The summed E-state index contributed by atoms with van der Waals surface area (Å²) in [5.74, 6) is 1.77. The zero-order chi connectivity index (χ0) is 15.5. The van der Waals surface area contributed by atoms with E-state index in [9.17, 15) is 0 Å². The van der Waals surface area contributed by atoms with Crippen LogP contribution >= 0.6 is 0 Å². The fourth-order valence-corrected chi connectivity index (χ4v) is 2.60. The molecule has 0 saturated carbocycles. The average Bonchev–Trinajstić information content (AvgIpc) is 2.86. The molecule has 0 aliphatic carbocycles. The fraction of sp³-hybridized carbons (Fsp3) is 0.278. The first-order valence-electron chi connectivity index (χ1n) is 7.36. The molecule has 0 saturated heterocycles. The predicted molar refractivity (Wildman–Crippen MR) is 87.0 cm³/mol. The van der Waals surface area contributed by atoms with Gasteiger partial charge in [-0.15, -0.1) is 0 Å². The highest BCUT2D eigenvalue weighted by Crippen LogP contribution is 2.22. The van der Waals surface area contributed by atoms with Gasteiger partial charge in [-0.3, -0.25) is 0 Å². The van der Waals surface area contributed by atoms with E-state index in [1.165, 1.54) is 16.3 Å². The molecule has 0 radical (unpaired) electrons. The molecule has 3 aromatic rings. The van der Waals surface area contributed by atoms with Crippen molar-refractivity contribution in [1.82, 2.24) is 10.5 Å². The number of rotatable bonds is 5. The van der Waals surface area contributed by atoms with E-state index in [4.69, 9.17) is 9.26 Å². The van der Waals surface area contributed by atoms with Gasteiger partial charge in [0.2, 0.25) is 0 Å². The second kappa shape index (κ2) is 6.20. The molecule has 1 heterocycles. The highest BCUT2D eigenvalue weighted by atomic mass is 16.5. The van der Waals surface area contributed by atoms with Crippen molar-refractivity contribution in [2.45, 2.75) is 26.9 Å². The first kappa shape index (κ1) is 14.6. The van der Waals surface area contributed by atoms with Crippen LogP contribution in [0.2, 0.25) is 0 Å². The Balaban J connectivity index is 1.69. The number of ether oxygens (including phenoxy) is 1. The Morgan fingerprint density at radius 3 is 2.55 bits per heavy atom. The van der Waals surface area contributed by atoms with Crippen LogP contribution in [-0.4, -0.2) is 12.3 Å². The molecule has 0 bridgehead atoms. The summed E-state index contributed by atoms with van der Waals surface area (Å²) in [6.07, 6.45) is 0. The van der Waals surface area contributed by atoms with Crippen LogP contribution < -0.4 is 10.1 Å². The molecule has 22 heavy (non-hydrogen) atoms. The molecule has 3 rings (SSSR count). The van der Waals surface area contributed by atoms with Crippen LogP contribution in [0.25, 0.3) is 10.8 Å². The standard InChI is InChI=1S/C18H20N2O2/c1-12-18(13(2)22-20-12)11-19-10-14-4-5-16-9-17(21-3)7-6-15(16)8-14/h4-9,19H,10-11H2,1-3H3. The van der Waals surface area contributed by atoms with Gasteiger partial charge in [-0.2, -0.15) is 0 Å². The Bertz CT molecular complexity index is 773. The number of fused-ring (bicyclic) bond motifs is 1. The van der Waals surface area contributed by atoms with E-state index in [1.807, 2.05) is 19.9 Å². The zero-order valence-corrected chi connectivity index (χ0v) is 13.1. The van der Waals surface area contributed by atoms with Crippen LogP contribution in [0.5, 0.6) is 5.75 Å². The van der Waals surface area contributed by atoms with Gasteiger partial charge in [0.25, 0.3) is 0 Å². The second-order valence-corrected chi connectivity index (χ2v) is 5.45. The van der Waals surface area contributed by atoms with Gasteiger partial charge >= 0.3 is 0 Å². The lowest BCUT2D eigenvalue weighted by molar-refractivity contribution is 0.392. The van der Waals surface area contributed by atoms with E-state index in [2.05, 4.69) is 40.8 Å². The topological polar surface area (TPSA) is 47.3 Å². The third-order valence-corrected chi connectivity index (χ3v) is 3.92. The maximum atomic E-state index is 5.25. The van der Waals surface area contributed by atoms with E-state index >= 15 is 0 Å². The van der Waals surface area contributed by atoms with Crippen molar-refractivity contribution in [3.05, 3.63) is 59.0 Å². The van der Waals surface area contributed by atoms with Crippen LogP contribution in [-0.2, 0) is 13.1 Å². The van der Waals surface area contributed by atoms with Gasteiger partial charge in [-0.25, -0.2) is 0 Å². The van der Waals surface area contributed by atoms with Crippen LogP contribution in [0.1, 0.15) is 22.6 Å². The van der Waals surface area contributed by atoms with Gasteiger partial charge in [0.15, 0.2) is 0 Å². The summed E-state index contributed by atoms with van der Waals surface area (Å²) in [4.78, 5) is 0. The molecule has 2 aromatic carbocycles. The smallest absolute Gasteiger partial charge is 0.138 e. The number of hydrogen-bond donors (Lipinski definition) is 1. The Morgan fingerprint density at radius 1 is 1.05 bits per heavy atom. The molecule has 1 aromatic heterocycles. The van der Waals surface area contributed by atoms with E-state index < -0.39 is 0 Å². The van der Waals surface area contributed by atoms with Gasteiger partial charge in [0.1, 0.15) is 11.5 Å². The van der Waals surface area contributed by atoms with Crippen molar-refractivity contribution in [3.8, 4) is 5.75 Å². The number of nitrogens with zero attached hydrogens (tertiary/aromatic N) is 1. The maximum Gasteiger partial charge on any atom is 0.138 e. The SMILES string of the molecule is COc1ccc2cc(CNCc3c(C)noc3C)ccc2c1. The van der Waals surface area contributed by atoms with Gasteiger partial charge in [-0.1, -0.05) is 23.4 Å². The third kappa shape index (κ3) is 2.97. The quantitative estimate of drug-likeness (QED) is 0.779. The van der Waals surface area contributed by atoms with Gasteiger partial charge in [0.05, 0.1) is 12.8 Å². The van der Waals surface area contributed by atoms with Gasteiger partial charge in [0, 0.05) is 18.7 Å². The molecule has 1 N–H and O–H groups in total. The summed E-state index contributed by atoms with van der Waals surface area (Å²) in [6, 6.07) is 12.6. The van der Waals surface area contributed by atoms with Gasteiger partial charge in [-0.05, 0) is 48.4 Å². The molecule has 0 atom stereocenters. The molecule has 0 amide bonds. The number of hydrogen-bond acceptors (Lipinski definition) is 4. The van der Waals surface area contributed by atoms with Crippen molar-refractivity contribution in [2.75, 3.05) is 7.11 Å². The Labute approximate surface area is 130 Å². The summed E-state index contributed by atoms with van der Waals surface area (Å²) in [7, 11) is 1.69. The van der Waals surface area contributed by atoms with E-state index in [-0.39, 0.29) is 0 Å². The molecule has 0 unspecified atom stereocenters. The van der Waals surface area contributed by atoms with Crippen molar-refractivity contribution < 1.29 is 9.26 Å². The molecule has 4 heteroatoms. The number of benzene rings is 2. The normalized spacial score (nSPS) is 11.0. The Hall–Kier alpha value is -2.33. The largest absolute Gasteiger partial charge is 0.497 e. The molecule has 4 nitrogen and oxygen atoms in total. The lowest BCUT2D eigenvalue weighted by Crippen LogP contribution is -2.13. The molecule has 0 fully saturated rings. The molecule has 114 valence electrons. The van der Waals surface area contributed by atoms with E-state index in [0.717, 1.165) is 35.9 Å². The molecule has 0 spiro atoms. The van der Waals surface area contributed by atoms with E-state index in [0.29, 0.717) is 0 Å². The lowest BCUT2D eigenvalue weighted by Gasteiger charge is -2.07. The van der Waals surface area contributed by atoms with Crippen molar-refractivity contribution in [1.29, 1.82) is 0 Å². The van der Waals surface area contributed by atoms with Gasteiger partial charge < -0.3 is 14.6 Å². The predicted octanol–water partition coefficient (Wildman–Crippen LogP) is 3.74. The molecule has 0 aliphatic rings. The number of nitrogens with one attached hydrogen (secondary N) is 1. The minimum Gasteiger partial charge on any atom is -0.497 e. The summed E-state index contributed by atoms with van der Waals surface area (Å²) in [5.41, 5.74) is 3.35. The molecule has 0 aliphatic heterocycles. The van der Waals surface area contributed by atoms with Crippen LogP contribution in [0.15, 0.2) is 40.9 Å². The van der Waals surface area contributed by atoms with Crippen LogP contribution in [0.3, 0.4) is 0 Å². The Morgan fingerprint density at radius 2 is 1.82 bits per heavy atom. The number of aryl methyl sites for hydroxylation is 2. The highest BCUT2D eigenvalue weighted by molar-refractivity contribution is 5.84. The highest BCUT2D eigenvalue weighted by Gasteiger charge is 2.08. The number of methoxy groups -OCH3 is 1. The zero-order valence-electron chi connectivity index (χ0n) is 13.1. The molecular formula is C18H20N2O2. The molecular weight excluding hydrogens is 276 g/mol. The van der Waals surface area contributed by atoms with Crippen LogP contribution in [0.4, 0.5) is 0 Å².